The summed E-state index contributed by atoms with van der Waals surface area (Å²) >= 11 is 0. The summed E-state index contributed by atoms with van der Waals surface area (Å²) in [5.74, 6) is 0. The van der Waals surface area contributed by atoms with Gasteiger partial charge in [0.1, 0.15) is 0 Å². The number of hydrogen-bond acceptors (Lipinski definition) is 2. The largest absolute Gasteiger partial charge is 0.252 e. The van der Waals surface area contributed by atoms with Crippen molar-refractivity contribution in [1.29, 1.82) is 0 Å². The van der Waals surface area contributed by atoms with E-state index >= 15 is 0 Å². The van der Waals surface area contributed by atoms with E-state index < -0.39 is 0 Å². The zero-order valence-electron chi connectivity index (χ0n) is 30.5. The molecule has 260 valence electrons. The predicted octanol–water partition coefficient (Wildman–Crippen LogP) is 14.6. The Hall–Kier alpha value is -7.42. The number of nitrogens with zero attached hydrogens (tertiary/aromatic N) is 2. The van der Waals surface area contributed by atoms with Crippen molar-refractivity contribution >= 4 is 53.9 Å². The molecule has 1 heterocycles. The monoisotopic (exact) mass is 710 g/mol. The van der Waals surface area contributed by atoms with Crippen molar-refractivity contribution in [3.63, 3.8) is 0 Å². The lowest BCUT2D eigenvalue weighted by atomic mass is 9.88. The van der Waals surface area contributed by atoms with E-state index in [1.807, 2.05) is 42.6 Å². The quantitative estimate of drug-likeness (QED) is 0.166. The van der Waals surface area contributed by atoms with Crippen molar-refractivity contribution in [3.8, 4) is 56.0 Å². The molecule has 0 atom stereocenters. The second-order valence-corrected chi connectivity index (χ2v) is 14.5. The number of benzene rings is 9. The molecule has 0 aliphatic carbocycles. The highest BCUT2D eigenvalue weighted by atomic mass is 14.8. The molecule has 0 saturated heterocycles. The van der Waals surface area contributed by atoms with Crippen LogP contribution in [0.25, 0.3) is 110 Å². The Morgan fingerprint density at radius 1 is 0.268 bits per heavy atom. The molecule has 0 N–H and O–H groups in total. The van der Waals surface area contributed by atoms with Crippen molar-refractivity contribution in [2.75, 3.05) is 0 Å². The molecule has 0 unspecified atom stereocenters. The van der Waals surface area contributed by atoms with Crippen molar-refractivity contribution < 1.29 is 0 Å². The molecule has 2 nitrogen and oxygen atoms in total. The third-order valence-electron chi connectivity index (χ3n) is 11.3. The molecule has 1 aromatic heterocycles. The van der Waals surface area contributed by atoms with Crippen LogP contribution in [0.15, 0.2) is 206 Å². The minimum Gasteiger partial charge on any atom is -0.252 e. The Labute approximate surface area is 325 Å². The van der Waals surface area contributed by atoms with Gasteiger partial charge in [-0.3, -0.25) is 4.98 Å². The van der Waals surface area contributed by atoms with E-state index in [4.69, 9.17) is 9.97 Å². The van der Waals surface area contributed by atoms with Crippen LogP contribution in [0, 0.1) is 0 Å². The topological polar surface area (TPSA) is 25.8 Å². The van der Waals surface area contributed by atoms with Crippen LogP contribution in [-0.2, 0) is 0 Å². The van der Waals surface area contributed by atoms with Crippen LogP contribution in [0.4, 0.5) is 0 Å². The summed E-state index contributed by atoms with van der Waals surface area (Å²) < 4.78 is 0. The third-order valence-corrected chi connectivity index (χ3v) is 11.3. The number of rotatable bonds is 5. The molecule has 0 aliphatic rings. The third kappa shape index (κ3) is 5.34. The fourth-order valence-electron chi connectivity index (χ4n) is 8.57. The van der Waals surface area contributed by atoms with Gasteiger partial charge >= 0.3 is 0 Å². The van der Waals surface area contributed by atoms with Gasteiger partial charge in [-0.15, -0.1) is 0 Å². The maximum atomic E-state index is 5.17. The van der Waals surface area contributed by atoms with Crippen LogP contribution < -0.4 is 0 Å². The second-order valence-electron chi connectivity index (χ2n) is 14.5. The zero-order valence-corrected chi connectivity index (χ0v) is 30.5. The summed E-state index contributed by atoms with van der Waals surface area (Å²) in [6, 6.07) is 72.1. The minimum absolute atomic E-state index is 0.849. The number of hydrogen-bond donors (Lipinski definition) is 0. The highest BCUT2D eigenvalue weighted by molar-refractivity contribution is 6.33. The molecular weight excluding hydrogens is 677 g/mol. The van der Waals surface area contributed by atoms with Gasteiger partial charge in [-0.1, -0.05) is 188 Å². The van der Waals surface area contributed by atoms with E-state index in [-0.39, 0.29) is 0 Å². The van der Waals surface area contributed by atoms with Crippen LogP contribution in [0.5, 0.6) is 0 Å². The Morgan fingerprint density at radius 3 is 1.36 bits per heavy atom. The first-order chi connectivity index (χ1) is 27.8. The Balaban J connectivity index is 0.986. The van der Waals surface area contributed by atoms with Crippen molar-refractivity contribution in [2.45, 2.75) is 0 Å². The molecule has 0 fully saturated rings. The Morgan fingerprint density at radius 2 is 0.732 bits per heavy atom. The highest BCUT2D eigenvalue weighted by Crippen LogP contribution is 2.42. The molecule has 0 saturated carbocycles. The van der Waals surface area contributed by atoms with Crippen LogP contribution in [0.3, 0.4) is 0 Å². The standard InChI is InChI=1S/C54H34N2/c1-3-12-40(13-4-1)53-54(41-14-5-2-6-15-41)56-50(34-55-53)38-28-26-36(27-29-38)35-22-24-37(25-23-35)43-32-42-31-30-39-16-11-21-48-46-19-9-7-17-44(46)45-18-8-10-20-47(45)49(33-43)52(42)51(39)48/h1-34H. The average Bonchev–Trinajstić information content (AvgIpc) is 3.28. The summed E-state index contributed by atoms with van der Waals surface area (Å²) in [4.78, 5) is 10.1. The lowest BCUT2D eigenvalue weighted by Crippen LogP contribution is -1.96. The number of fused-ring (bicyclic) bond motifs is 5. The smallest absolute Gasteiger partial charge is 0.0972 e. The molecule has 11 rings (SSSR count). The van der Waals surface area contributed by atoms with Crippen molar-refractivity contribution in [2.24, 2.45) is 0 Å². The van der Waals surface area contributed by atoms with Crippen molar-refractivity contribution in [3.05, 3.63) is 206 Å². The van der Waals surface area contributed by atoms with Gasteiger partial charge in [-0.2, -0.15) is 0 Å². The van der Waals surface area contributed by atoms with Gasteiger partial charge in [-0.25, -0.2) is 4.98 Å². The molecule has 10 aromatic carbocycles. The first kappa shape index (κ1) is 32.0. The minimum atomic E-state index is 0.849. The molecule has 0 amide bonds. The summed E-state index contributed by atoms with van der Waals surface area (Å²) in [6.07, 6.45) is 1.89. The lowest BCUT2D eigenvalue weighted by Gasteiger charge is -2.15. The van der Waals surface area contributed by atoms with Crippen LogP contribution >= 0.6 is 0 Å². The maximum absolute atomic E-state index is 5.17. The predicted molar refractivity (Wildman–Crippen MR) is 237 cm³/mol. The van der Waals surface area contributed by atoms with E-state index in [0.29, 0.717) is 0 Å². The summed E-state index contributed by atoms with van der Waals surface area (Å²) in [6.45, 7) is 0. The average molecular weight is 711 g/mol. The first-order valence-electron chi connectivity index (χ1n) is 19.1. The highest BCUT2D eigenvalue weighted by Gasteiger charge is 2.16. The molecule has 2 heteroatoms. The SMILES string of the molecule is c1ccc(-c2ncc(-c3ccc(-c4ccc(-c5cc6ccc7cccc8c9ccccc9c9ccccc9c(c5)c6c78)cc4)cc3)nc2-c2ccccc2)cc1. The Kier molecular flexibility index (Phi) is 7.53. The van der Waals surface area contributed by atoms with Gasteiger partial charge in [0.25, 0.3) is 0 Å². The second kappa shape index (κ2) is 13.2. The fraction of sp³-hybridized carbons (Fsp3) is 0. The Bertz CT molecular complexity index is 3260. The molecular formula is C54H34N2. The van der Waals surface area contributed by atoms with Crippen molar-refractivity contribution in [1.82, 2.24) is 9.97 Å². The van der Waals surface area contributed by atoms with Gasteiger partial charge in [0.2, 0.25) is 0 Å². The van der Waals surface area contributed by atoms with Crippen LogP contribution in [0.1, 0.15) is 0 Å². The van der Waals surface area contributed by atoms with Gasteiger partial charge in [0, 0.05) is 16.7 Å². The summed E-state index contributed by atoms with van der Waals surface area (Å²) in [5, 5.41) is 12.8. The fourth-order valence-corrected chi connectivity index (χ4v) is 8.57. The van der Waals surface area contributed by atoms with E-state index in [1.165, 1.54) is 70.6 Å². The molecule has 56 heavy (non-hydrogen) atoms. The van der Waals surface area contributed by atoms with Crippen LogP contribution in [0.2, 0.25) is 0 Å². The first-order valence-corrected chi connectivity index (χ1v) is 19.1. The van der Waals surface area contributed by atoms with Gasteiger partial charge in [0.15, 0.2) is 0 Å². The lowest BCUT2D eigenvalue weighted by molar-refractivity contribution is 1.21. The zero-order chi connectivity index (χ0) is 37.0. The number of aromatic nitrogens is 2. The van der Waals surface area contributed by atoms with Gasteiger partial charge < -0.3 is 0 Å². The molecule has 11 aromatic rings. The van der Waals surface area contributed by atoms with E-state index in [9.17, 15) is 0 Å². The van der Waals surface area contributed by atoms with E-state index in [1.54, 1.807) is 0 Å². The molecule has 0 spiro atoms. The van der Waals surface area contributed by atoms with E-state index in [2.05, 4.69) is 164 Å². The van der Waals surface area contributed by atoms with E-state index in [0.717, 1.165) is 39.3 Å². The maximum Gasteiger partial charge on any atom is 0.0972 e. The summed E-state index contributed by atoms with van der Waals surface area (Å²) in [5.41, 5.74) is 10.5. The molecule has 0 radical (unpaired) electrons. The van der Waals surface area contributed by atoms with Gasteiger partial charge in [0.05, 0.1) is 23.3 Å². The molecule has 0 bridgehead atoms. The molecule has 0 aliphatic heterocycles. The van der Waals surface area contributed by atoms with Gasteiger partial charge in [-0.05, 0) is 88.2 Å². The summed E-state index contributed by atoms with van der Waals surface area (Å²) in [7, 11) is 0. The normalized spacial score (nSPS) is 11.6. The van der Waals surface area contributed by atoms with Crippen LogP contribution in [-0.4, -0.2) is 9.97 Å².